The van der Waals surface area contributed by atoms with Crippen molar-refractivity contribution in [1.29, 1.82) is 0 Å². The van der Waals surface area contributed by atoms with E-state index in [1.165, 1.54) is 10.4 Å². The number of H-pyrrole nitrogens is 1. The van der Waals surface area contributed by atoms with Gasteiger partial charge in [0.15, 0.2) is 11.6 Å². The minimum Gasteiger partial charge on any atom is -0.303 e. The van der Waals surface area contributed by atoms with E-state index in [0.717, 1.165) is 30.4 Å². The molecule has 2 heterocycles. The fourth-order valence-electron chi connectivity index (χ4n) is 3.62. The van der Waals surface area contributed by atoms with Crippen molar-refractivity contribution in [2.45, 2.75) is 51.9 Å². The lowest BCUT2D eigenvalue weighted by Crippen LogP contribution is -2.16. The normalized spacial score (nSPS) is 13.5. The topological polar surface area (TPSA) is 62.8 Å². The van der Waals surface area contributed by atoms with Crippen LogP contribution in [-0.2, 0) is 19.3 Å². The Morgan fingerprint density at radius 3 is 2.96 bits per heavy atom. The minimum atomic E-state index is -0.167. The second-order valence-corrected chi connectivity index (χ2v) is 8.36. The first-order chi connectivity index (χ1) is 12.5. The maximum absolute atomic E-state index is 12.6. The summed E-state index contributed by atoms with van der Waals surface area (Å²) in [6.45, 7) is 4.32. The molecule has 0 radical (unpaired) electrons. The van der Waals surface area contributed by atoms with Crippen molar-refractivity contribution in [3.8, 4) is 0 Å². The fourth-order valence-corrected chi connectivity index (χ4v) is 4.88. The average Bonchev–Trinajstić information content (AvgIpc) is 3.20. The van der Waals surface area contributed by atoms with Crippen molar-refractivity contribution in [3.63, 3.8) is 0 Å². The Labute approximate surface area is 156 Å². The molecule has 0 spiro atoms. The summed E-state index contributed by atoms with van der Waals surface area (Å²) in [7, 11) is 0. The van der Waals surface area contributed by atoms with Gasteiger partial charge < -0.3 is 4.98 Å². The number of aryl methyl sites for hydroxylation is 3. The van der Waals surface area contributed by atoms with Gasteiger partial charge in [-0.1, -0.05) is 38.1 Å². The SMILES string of the molecule is CC(C)c1cccc(CCC(=O)c2nc3sc4c(c3c(=O)[nH]2)CCC4)c1. The van der Waals surface area contributed by atoms with E-state index < -0.39 is 0 Å². The molecule has 4 rings (SSSR count). The van der Waals surface area contributed by atoms with Gasteiger partial charge in [-0.3, -0.25) is 9.59 Å². The zero-order chi connectivity index (χ0) is 18.3. The standard InChI is InChI=1S/C21H22N2O2S/c1-12(2)14-6-3-5-13(11-14)9-10-16(24)19-22-20(25)18-15-7-4-8-17(15)26-21(18)23-19/h3,5-6,11-12H,4,7-10H2,1-2H3,(H,22,23,25). The zero-order valence-electron chi connectivity index (χ0n) is 15.1. The Morgan fingerprint density at radius 2 is 2.15 bits per heavy atom. The van der Waals surface area contributed by atoms with Gasteiger partial charge in [0.1, 0.15) is 4.83 Å². The van der Waals surface area contributed by atoms with Gasteiger partial charge in [-0.15, -0.1) is 11.3 Å². The van der Waals surface area contributed by atoms with Gasteiger partial charge >= 0.3 is 0 Å². The quantitative estimate of drug-likeness (QED) is 0.680. The van der Waals surface area contributed by atoms with E-state index in [4.69, 9.17) is 0 Å². The molecule has 0 aliphatic heterocycles. The van der Waals surface area contributed by atoms with Crippen LogP contribution in [0.4, 0.5) is 0 Å². The molecule has 0 fully saturated rings. The molecule has 2 aromatic heterocycles. The number of aromatic amines is 1. The molecule has 0 saturated carbocycles. The lowest BCUT2D eigenvalue weighted by Gasteiger charge is -2.08. The van der Waals surface area contributed by atoms with Crippen molar-refractivity contribution in [2.75, 3.05) is 0 Å². The van der Waals surface area contributed by atoms with Gasteiger partial charge in [-0.2, -0.15) is 0 Å². The van der Waals surface area contributed by atoms with Crippen LogP contribution in [-0.4, -0.2) is 15.8 Å². The first-order valence-electron chi connectivity index (χ1n) is 9.19. The predicted octanol–water partition coefficient (Wildman–Crippen LogP) is 4.41. The van der Waals surface area contributed by atoms with E-state index >= 15 is 0 Å². The molecule has 26 heavy (non-hydrogen) atoms. The Balaban J connectivity index is 1.55. The number of Topliss-reactive ketones (excluding diaryl/α,β-unsaturated/α-hetero) is 1. The maximum atomic E-state index is 12.6. The lowest BCUT2D eigenvalue weighted by atomic mass is 9.98. The highest BCUT2D eigenvalue weighted by molar-refractivity contribution is 7.18. The van der Waals surface area contributed by atoms with Crippen LogP contribution < -0.4 is 5.56 Å². The molecule has 1 aliphatic rings. The number of nitrogens with zero attached hydrogens (tertiary/aromatic N) is 1. The number of carbonyl (C=O) groups is 1. The third-order valence-corrected chi connectivity index (χ3v) is 6.28. The molecule has 5 heteroatoms. The third-order valence-electron chi connectivity index (χ3n) is 5.10. The van der Waals surface area contributed by atoms with Crippen molar-refractivity contribution in [1.82, 2.24) is 9.97 Å². The van der Waals surface area contributed by atoms with Gasteiger partial charge in [0.05, 0.1) is 5.39 Å². The molecule has 3 aromatic rings. The molecular weight excluding hydrogens is 344 g/mol. The van der Waals surface area contributed by atoms with Crippen LogP contribution in [0.15, 0.2) is 29.1 Å². The molecule has 0 unspecified atom stereocenters. The van der Waals surface area contributed by atoms with Gasteiger partial charge in [-0.05, 0) is 48.3 Å². The van der Waals surface area contributed by atoms with E-state index in [0.29, 0.717) is 29.0 Å². The number of fused-ring (bicyclic) bond motifs is 3. The van der Waals surface area contributed by atoms with Crippen molar-refractivity contribution >= 4 is 27.3 Å². The second kappa shape index (κ2) is 6.80. The Kier molecular flexibility index (Phi) is 4.49. The van der Waals surface area contributed by atoms with Gasteiger partial charge in [0.25, 0.3) is 5.56 Å². The number of benzene rings is 1. The van der Waals surface area contributed by atoms with Crippen molar-refractivity contribution < 1.29 is 4.79 Å². The van der Waals surface area contributed by atoms with E-state index in [1.807, 2.05) is 12.1 Å². The van der Waals surface area contributed by atoms with E-state index in [1.54, 1.807) is 11.3 Å². The summed E-state index contributed by atoms with van der Waals surface area (Å²) >= 11 is 1.57. The Bertz CT molecular complexity index is 1050. The predicted molar refractivity (Wildman–Crippen MR) is 105 cm³/mol. The second-order valence-electron chi connectivity index (χ2n) is 7.27. The third kappa shape index (κ3) is 3.12. The molecule has 1 N–H and O–H groups in total. The average molecular weight is 366 g/mol. The highest BCUT2D eigenvalue weighted by atomic mass is 32.1. The smallest absolute Gasteiger partial charge is 0.260 e. The number of ketones is 1. The summed E-state index contributed by atoms with van der Waals surface area (Å²) in [5.74, 6) is 0.557. The fraction of sp³-hybridized carbons (Fsp3) is 0.381. The molecule has 1 aromatic carbocycles. The van der Waals surface area contributed by atoms with Gasteiger partial charge in [0.2, 0.25) is 0 Å². The number of hydrogen-bond acceptors (Lipinski definition) is 4. The van der Waals surface area contributed by atoms with E-state index in [2.05, 4.69) is 35.9 Å². The van der Waals surface area contributed by atoms with E-state index in [9.17, 15) is 9.59 Å². The Morgan fingerprint density at radius 1 is 1.31 bits per heavy atom. The summed E-state index contributed by atoms with van der Waals surface area (Å²) in [5.41, 5.74) is 3.39. The number of aromatic nitrogens is 2. The molecule has 0 atom stereocenters. The first-order valence-corrected chi connectivity index (χ1v) is 10.0. The van der Waals surface area contributed by atoms with Gasteiger partial charge in [-0.25, -0.2) is 4.98 Å². The highest BCUT2D eigenvalue weighted by Gasteiger charge is 2.22. The molecule has 0 saturated heterocycles. The minimum absolute atomic E-state index is 0.104. The van der Waals surface area contributed by atoms with Crippen LogP contribution in [0, 0.1) is 0 Å². The summed E-state index contributed by atoms with van der Waals surface area (Å²) in [5, 5.41) is 0.698. The summed E-state index contributed by atoms with van der Waals surface area (Å²) in [4.78, 5) is 34.2. The molecule has 4 nitrogen and oxygen atoms in total. The van der Waals surface area contributed by atoms with Crippen molar-refractivity contribution in [3.05, 3.63) is 62.0 Å². The largest absolute Gasteiger partial charge is 0.303 e. The van der Waals surface area contributed by atoms with Crippen LogP contribution in [0.2, 0.25) is 0 Å². The van der Waals surface area contributed by atoms with Crippen LogP contribution in [0.3, 0.4) is 0 Å². The maximum Gasteiger partial charge on any atom is 0.260 e. The van der Waals surface area contributed by atoms with E-state index in [-0.39, 0.29) is 17.2 Å². The van der Waals surface area contributed by atoms with Gasteiger partial charge in [0, 0.05) is 11.3 Å². The zero-order valence-corrected chi connectivity index (χ0v) is 15.9. The summed E-state index contributed by atoms with van der Waals surface area (Å²) in [6, 6.07) is 8.34. The van der Waals surface area contributed by atoms with Crippen LogP contribution in [0.25, 0.3) is 10.2 Å². The Hall–Kier alpha value is -2.27. The molecular formula is C21H22N2O2S. The number of thiophene rings is 1. The summed E-state index contributed by atoms with van der Waals surface area (Å²) in [6.07, 6.45) is 4.07. The summed E-state index contributed by atoms with van der Waals surface area (Å²) < 4.78 is 0. The number of nitrogens with one attached hydrogen (secondary N) is 1. The number of hydrogen-bond donors (Lipinski definition) is 1. The number of carbonyl (C=O) groups excluding carboxylic acids is 1. The number of rotatable bonds is 5. The molecule has 0 bridgehead atoms. The molecule has 134 valence electrons. The molecule has 1 aliphatic carbocycles. The lowest BCUT2D eigenvalue weighted by molar-refractivity contribution is 0.0973. The van der Waals surface area contributed by atoms with Crippen LogP contribution in [0.1, 0.15) is 64.8 Å². The molecule has 0 amide bonds. The monoisotopic (exact) mass is 366 g/mol. The van der Waals surface area contributed by atoms with Crippen LogP contribution in [0.5, 0.6) is 0 Å². The highest BCUT2D eigenvalue weighted by Crippen LogP contribution is 2.34. The first kappa shape index (κ1) is 17.2. The van der Waals surface area contributed by atoms with Crippen molar-refractivity contribution in [2.24, 2.45) is 0 Å². The van der Waals surface area contributed by atoms with Crippen LogP contribution >= 0.6 is 11.3 Å².